The van der Waals surface area contributed by atoms with Crippen molar-refractivity contribution >= 4 is 28.4 Å². The maximum Gasteiger partial charge on any atom is 0.255 e. The summed E-state index contributed by atoms with van der Waals surface area (Å²) in [5, 5.41) is 20.7. The van der Waals surface area contributed by atoms with Crippen molar-refractivity contribution in [1.82, 2.24) is 34.4 Å². The zero-order valence-corrected chi connectivity index (χ0v) is 21.7. The summed E-state index contributed by atoms with van der Waals surface area (Å²) in [5.41, 5.74) is 2.34. The van der Waals surface area contributed by atoms with Crippen LogP contribution >= 0.6 is 11.6 Å². The highest BCUT2D eigenvalue weighted by molar-refractivity contribution is 6.34. The SMILES string of the molecule is Cn1ccc(CC2CCN(C(=O)c3cc4c(-c5ccnc(C(C)(C)O)n5)nn(C)c4cc3Cl)CC2)n1. The van der Waals surface area contributed by atoms with Gasteiger partial charge in [0.05, 0.1) is 27.5 Å². The number of halogens is 1. The number of aryl methyl sites for hydroxylation is 2. The fourth-order valence-corrected chi connectivity index (χ4v) is 5.03. The lowest BCUT2D eigenvalue weighted by Gasteiger charge is -2.32. The Morgan fingerprint density at radius 3 is 2.58 bits per heavy atom. The molecule has 3 aromatic heterocycles. The number of carbonyl (C=O) groups is 1. The van der Waals surface area contributed by atoms with Gasteiger partial charge in [0.1, 0.15) is 11.3 Å². The molecule has 0 unspecified atom stereocenters. The van der Waals surface area contributed by atoms with Gasteiger partial charge in [-0.25, -0.2) is 9.97 Å². The average Bonchev–Trinajstić information content (AvgIpc) is 3.40. The molecule has 1 saturated heterocycles. The zero-order valence-electron chi connectivity index (χ0n) is 20.9. The van der Waals surface area contributed by atoms with E-state index in [9.17, 15) is 9.90 Å². The van der Waals surface area contributed by atoms with Crippen LogP contribution in [-0.2, 0) is 26.1 Å². The molecule has 0 aliphatic carbocycles. The number of hydrogen-bond acceptors (Lipinski definition) is 6. The molecule has 9 nitrogen and oxygen atoms in total. The largest absolute Gasteiger partial charge is 0.382 e. The van der Waals surface area contributed by atoms with Gasteiger partial charge in [0.15, 0.2) is 5.82 Å². The monoisotopic (exact) mass is 507 g/mol. The van der Waals surface area contributed by atoms with Crippen LogP contribution in [0.2, 0.25) is 5.02 Å². The number of aliphatic hydroxyl groups is 1. The van der Waals surface area contributed by atoms with Gasteiger partial charge in [-0.3, -0.25) is 14.2 Å². The number of carbonyl (C=O) groups excluding carboxylic acids is 1. The molecule has 10 heteroatoms. The third-order valence-corrected chi connectivity index (χ3v) is 7.10. The Kier molecular flexibility index (Phi) is 6.30. The Hall–Kier alpha value is -3.30. The minimum atomic E-state index is -1.19. The van der Waals surface area contributed by atoms with Crippen molar-refractivity contribution in [1.29, 1.82) is 0 Å². The third-order valence-electron chi connectivity index (χ3n) is 6.78. The maximum atomic E-state index is 13.5. The first-order valence-electron chi connectivity index (χ1n) is 12.1. The Morgan fingerprint density at radius 2 is 1.92 bits per heavy atom. The van der Waals surface area contributed by atoms with Crippen LogP contribution in [0.15, 0.2) is 36.7 Å². The van der Waals surface area contributed by atoms with Crippen LogP contribution in [0.5, 0.6) is 0 Å². The first kappa shape index (κ1) is 24.4. The molecule has 4 heterocycles. The van der Waals surface area contributed by atoms with Crippen LogP contribution in [0.1, 0.15) is 48.6 Å². The minimum absolute atomic E-state index is 0.0761. The molecule has 0 spiro atoms. The van der Waals surface area contributed by atoms with Gasteiger partial charge in [-0.05, 0) is 63.3 Å². The normalized spacial score (nSPS) is 15.1. The summed E-state index contributed by atoms with van der Waals surface area (Å²) in [6, 6.07) is 7.40. The van der Waals surface area contributed by atoms with Gasteiger partial charge in [-0.1, -0.05) is 11.6 Å². The molecule has 1 aliphatic heterocycles. The highest BCUT2D eigenvalue weighted by Crippen LogP contribution is 2.33. The van der Waals surface area contributed by atoms with E-state index in [0.717, 1.165) is 35.9 Å². The van der Waals surface area contributed by atoms with E-state index in [1.54, 1.807) is 36.9 Å². The van der Waals surface area contributed by atoms with E-state index in [-0.39, 0.29) is 5.91 Å². The number of nitrogens with zero attached hydrogens (tertiary/aromatic N) is 7. The number of amides is 1. The molecule has 1 aliphatic rings. The van der Waals surface area contributed by atoms with Crippen molar-refractivity contribution in [2.24, 2.45) is 20.0 Å². The second-order valence-corrected chi connectivity index (χ2v) is 10.5. The number of piperidine rings is 1. The maximum absolute atomic E-state index is 13.5. The standard InChI is InChI=1S/C26H30ClN7O2/c1-26(2,36)25-28-9-5-21(29-25)23-19-14-18(20(27)15-22(19)33(4)31-23)24(35)34-11-6-16(7-12-34)13-17-8-10-32(3)30-17/h5,8-10,14-16,36H,6-7,11-13H2,1-4H3. The van der Waals surface area contributed by atoms with Crippen LogP contribution in [-0.4, -0.2) is 58.5 Å². The summed E-state index contributed by atoms with van der Waals surface area (Å²) >= 11 is 6.61. The van der Waals surface area contributed by atoms with Gasteiger partial charge in [0.25, 0.3) is 5.91 Å². The van der Waals surface area contributed by atoms with Gasteiger partial charge in [-0.15, -0.1) is 0 Å². The van der Waals surface area contributed by atoms with Crippen molar-refractivity contribution in [3.8, 4) is 11.4 Å². The zero-order chi connectivity index (χ0) is 25.6. The molecule has 0 saturated carbocycles. The molecule has 0 atom stereocenters. The summed E-state index contributed by atoms with van der Waals surface area (Å²) < 4.78 is 3.55. The minimum Gasteiger partial charge on any atom is -0.382 e. The van der Waals surface area contributed by atoms with Crippen molar-refractivity contribution in [2.45, 2.75) is 38.7 Å². The summed E-state index contributed by atoms with van der Waals surface area (Å²) in [7, 11) is 3.75. The van der Waals surface area contributed by atoms with Crippen LogP contribution < -0.4 is 0 Å². The van der Waals surface area contributed by atoms with E-state index in [1.807, 2.05) is 35.9 Å². The number of rotatable bonds is 5. The van der Waals surface area contributed by atoms with E-state index in [0.29, 0.717) is 46.8 Å². The number of benzene rings is 1. The first-order chi connectivity index (χ1) is 17.1. The Balaban J connectivity index is 1.40. The molecule has 0 radical (unpaired) electrons. The molecule has 1 N–H and O–H groups in total. The molecule has 36 heavy (non-hydrogen) atoms. The summed E-state index contributed by atoms with van der Waals surface area (Å²) in [6.45, 7) is 4.65. The second kappa shape index (κ2) is 9.29. The van der Waals surface area contributed by atoms with E-state index in [2.05, 4.69) is 26.2 Å². The Bertz CT molecular complexity index is 1430. The van der Waals surface area contributed by atoms with Gasteiger partial charge in [-0.2, -0.15) is 10.2 Å². The molecule has 1 fully saturated rings. The topological polar surface area (TPSA) is 102 Å². The molecule has 0 bridgehead atoms. The highest BCUT2D eigenvalue weighted by Gasteiger charge is 2.27. The molecular weight excluding hydrogens is 478 g/mol. The smallest absolute Gasteiger partial charge is 0.255 e. The first-order valence-corrected chi connectivity index (χ1v) is 12.5. The molecular formula is C26H30ClN7O2. The van der Waals surface area contributed by atoms with Crippen molar-refractivity contribution in [2.75, 3.05) is 13.1 Å². The summed E-state index contributed by atoms with van der Waals surface area (Å²) in [6.07, 6.45) is 6.36. The van der Waals surface area contributed by atoms with E-state index >= 15 is 0 Å². The van der Waals surface area contributed by atoms with Crippen molar-refractivity contribution in [3.05, 3.63) is 58.8 Å². The van der Waals surface area contributed by atoms with E-state index in [4.69, 9.17) is 11.6 Å². The quantitative estimate of drug-likeness (QED) is 0.441. The average molecular weight is 508 g/mol. The number of hydrogen-bond donors (Lipinski definition) is 1. The highest BCUT2D eigenvalue weighted by atomic mass is 35.5. The molecule has 5 rings (SSSR count). The van der Waals surface area contributed by atoms with E-state index < -0.39 is 5.60 Å². The van der Waals surface area contributed by atoms with Crippen LogP contribution in [0.25, 0.3) is 22.3 Å². The number of aromatic nitrogens is 6. The lowest BCUT2D eigenvalue weighted by molar-refractivity contribution is 0.0683. The van der Waals surface area contributed by atoms with Crippen molar-refractivity contribution in [3.63, 3.8) is 0 Å². The predicted octanol–water partition coefficient (Wildman–Crippen LogP) is 3.74. The Morgan fingerprint density at radius 1 is 1.17 bits per heavy atom. The summed E-state index contributed by atoms with van der Waals surface area (Å²) in [4.78, 5) is 24.1. The van der Waals surface area contributed by atoms with Crippen molar-refractivity contribution < 1.29 is 9.90 Å². The second-order valence-electron chi connectivity index (χ2n) is 10.1. The number of fused-ring (bicyclic) bond motifs is 1. The summed E-state index contributed by atoms with van der Waals surface area (Å²) in [5.74, 6) is 0.736. The van der Waals surface area contributed by atoms with Gasteiger partial charge < -0.3 is 10.0 Å². The van der Waals surface area contributed by atoms with Crippen LogP contribution in [0, 0.1) is 5.92 Å². The fourth-order valence-electron chi connectivity index (χ4n) is 4.79. The van der Waals surface area contributed by atoms with Crippen LogP contribution in [0.4, 0.5) is 0 Å². The molecule has 1 amide bonds. The van der Waals surface area contributed by atoms with Crippen LogP contribution in [0.3, 0.4) is 0 Å². The van der Waals surface area contributed by atoms with E-state index in [1.165, 1.54) is 0 Å². The third kappa shape index (κ3) is 4.73. The molecule has 1 aromatic carbocycles. The fraction of sp³-hybridized carbons (Fsp3) is 0.423. The van der Waals surface area contributed by atoms with Gasteiger partial charge in [0, 0.05) is 45.0 Å². The molecule has 4 aromatic rings. The number of likely N-dealkylation sites (tertiary alicyclic amines) is 1. The molecule has 188 valence electrons. The Labute approximate surface area is 214 Å². The lowest BCUT2D eigenvalue weighted by Crippen LogP contribution is -2.39. The van der Waals surface area contributed by atoms with Gasteiger partial charge in [0.2, 0.25) is 0 Å². The van der Waals surface area contributed by atoms with Gasteiger partial charge >= 0.3 is 0 Å². The lowest BCUT2D eigenvalue weighted by atomic mass is 9.92. The predicted molar refractivity (Wildman–Crippen MR) is 138 cm³/mol.